The molecule has 0 aromatic heterocycles. The standard InChI is InChI=1S/C31H30BNO2/c1-29(2)30(3,4)35-32(34-29)24-19-20-26-28(21-24)33-27-18-12-11-17-25(27)31(26,22-13-7-5-8-14-22)23-15-9-6-10-16-23/h5-21,33H,1-4H3. The zero-order valence-corrected chi connectivity index (χ0v) is 20.7. The Bertz CT molecular complexity index is 1330. The van der Waals surface area contributed by atoms with Gasteiger partial charge in [0.25, 0.3) is 0 Å². The minimum atomic E-state index is -0.450. The molecule has 1 fully saturated rings. The summed E-state index contributed by atoms with van der Waals surface area (Å²) in [5.74, 6) is 0. The van der Waals surface area contributed by atoms with Crippen molar-refractivity contribution in [3.8, 4) is 0 Å². The minimum Gasteiger partial charge on any atom is -0.399 e. The molecule has 0 bridgehead atoms. The van der Waals surface area contributed by atoms with Crippen LogP contribution in [0.25, 0.3) is 0 Å². The molecule has 2 aliphatic heterocycles. The first kappa shape index (κ1) is 22.1. The fraction of sp³-hybridized carbons (Fsp3) is 0.226. The molecule has 35 heavy (non-hydrogen) atoms. The maximum absolute atomic E-state index is 6.38. The summed E-state index contributed by atoms with van der Waals surface area (Å²) in [4.78, 5) is 0. The lowest BCUT2D eigenvalue weighted by molar-refractivity contribution is 0.00578. The van der Waals surface area contributed by atoms with Gasteiger partial charge >= 0.3 is 7.12 Å². The van der Waals surface area contributed by atoms with Crippen molar-refractivity contribution in [3.63, 3.8) is 0 Å². The third-order valence-electron chi connectivity index (χ3n) is 7.99. The maximum atomic E-state index is 6.38. The molecular weight excluding hydrogens is 429 g/mol. The molecule has 0 unspecified atom stereocenters. The Balaban J connectivity index is 1.60. The van der Waals surface area contributed by atoms with E-state index < -0.39 is 12.5 Å². The van der Waals surface area contributed by atoms with E-state index >= 15 is 0 Å². The molecule has 1 N–H and O–H groups in total. The predicted molar refractivity (Wildman–Crippen MR) is 144 cm³/mol. The average molecular weight is 459 g/mol. The molecular formula is C31H30BNO2. The van der Waals surface area contributed by atoms with Gasteiger partial charge in [-0.15, -0.1) is 0 Å². The monoisotopic (exact) mass is 459 g/mol. The predicted octanol–water partition coefficient (Wildman–Crippen LogP) is 6.43. The molecule has 1 saturated heterocycles. The second-order valence-electron chi connectivity index (χ2n) is 10.5. The highest BCUT2D eigenvalue weighted by atomic mass is 16.7. The molecule has 2 aliphatic rings. The number of hydrogen-bond donors (Lipinski definition) is 1. The lowest BCUT2D eigenvalue weighted by Crippen LogP contribution is -2.41. The molecule has 0 atom stereocenters. The van der Waals surface area contributed by atoms with Crippen LogP contribution >= 0.6 is 0 Å². The van der Waals surface area contributed by atoms with Gasteiger partial charge in [0.05, 0.1) is 16.6 Å². The van der Waals surface area contributed by atoms with Crippen molar-refractivity contribution < 1.29 is 9.31 Å². The van der Waals surface area contributed by atoms with Gasteiger partial charge in [-0.3, -0.25) is 0 Å². The maximum Gasteiger partial charge on any atom is 0.494 e. The minimum absolute atomic E-state index is 0.383. The third-order valence-corrected chi connectivity index (χ3v) is 7.99. The number of para-hydroxylation sites is 1. The number of rotatable bonds is 3. The van der Waals surface area contributed by atoms with E-state index in [9.17, 15) is 0 Å². The first-order valence-electron chi connectivity index (χ1n) is 12.3. The highest BCUT2D eigenvalue weighted by molar-refractivity contribution is 6.62. The number of benzene rings is 4. The molecule has 2 heterocycles. The van der Waals surface area contributed by atoms with Crippen molar-refractivity contribution in [3.05, 3.63) is 125 Å². The van der Waals surface area contributed by atoms with Crippen molar-refractivity contribution in [2.24, 2.45) is 0 Å². The van der Waals surface area contributed by atoms with E-state index in [-0.39, 0.29) is 11.2 Å². The summed E-state index contributed by atoms with van der Waals surface area (Å²) in [6.07, 6.45) is 0. The second kappa shape index (κ2) is 7.84. The Morgan fingerprint density at radius 1 is 0.571 bits per heavy atom. The second-order valence-corrected chi connectivity index (χ2v) is 10.5. The molecule has 0 radical (unpaired) electrons. The van der Waals surface area contributed by atoms with Crippen molar-refractivity contribution in [2.75, 3.05) is 5.32 Å². The van der Waals surface area contributed by atoms with Crippen LogP contribution in [0.15, 0.2) is 103 Å². The summed E-state index contributed by atoms with van der Waals surface area (Å²) >= 11 is 0. The average Bonchev–Trinajstić information content (AvgIpc) is 3.10. The molecule has 0 spiro atoms. The van der Waals surface area contributed by atoms with Gasteiger partial charge in [0.1, 0.15) is 0 Å². The molecule has 0 amide bonds. The fourth-order valence-electron chi connectivity index (χ4n) is 5.49. The van der Waals surface area contributed by atoms with E-state index in [1.807, 2.05) is 0 Å². The van der Waals surface area contributed by atoms with E-state index in [1.165, 1.54) is 22.3 Å². The molecule has 3 nitrogen and oxygen atoms in total. The Labute approximate surface area is 208 Å². The lowest BCUT2D eigenvalue weighted by atomic mass is 9.62. The molecule has 4 heteroatoms. The van der Waals surface area contributed by atoms with E-state index in [4.69, 9.17) is 9.31 Å². The largest absolute Gasteiger partial charge is 0.494 e. The topological polar surface area (TPSA) is 30.5 Å². The first-order valence-corrected chi connectivity index (χ1v) is 12.3. The smallest absolute Gasteiger partial charge is 0.399 e. The van der Waals surface area contributed by atoms with Crippen LogP contribution in [0.5, 0.6) is 0 Å². The SMILES string of the molecule is CC1(C)OB(c2ccc3c(c2)Nc2ccccc2C3(c2ccccc2)c2ccccc2)OC1(C)C. The number of fused-ring (bicyclic) bond motifs is 2. The third kappa shape index (κ3) is 3.28. The number of nitrogens with one attached hydrogen (secondary N) is 1. The summed E-state index contributed by atoms with van der Waals surface area (Å²) < 4.78 is 12.8. The van der Waals surface area contributed by atoms with Gasteiger partial charge in [0, 0.05) is 11.4 Å². The van der Waals surface area contributed by atoms with Crippen molar-refractivity contribution in [2.45, 2.75) is 44.3 Å². The van der Waals surface area contributed by atoms with E-state index in [2.05, 4.69) is 136 Å². The van der Waals surface area contributed by atoms with Crippen LogP contribution < -0.4 is 10.8 Å². The van der Waals surface area contributed by atoms with Crippen molar-refractivity contribution in [1.29, 1.82) is 0 Å². The van der Waals surface area contributed by atoms with Crippen LogP contribution in [0.3, 0.4) is 0 Å². The lowest BCUT2D eigenvalue weighted by Gasteiger charge is -2.42. The van der Waals surface area contributed by atoms with Crippen molar-refractivity contribution >= 4 is 24.0 Å². The van der Waals surface area contributed by atoms with E-state index in [0.29, 0.717) is 0 Å². The Morgan fingerprint density at radius 2 is 1.09 bits per heavy atom. The summed E-state index contributed by atoms with van der Waals surface area (Å²) in [5.41, 5.74) is 6.92. The summed E-state index contributed by atoms with van der Waals surface area (Å²) in [7, 11) is -0.410. The summed E-state index contributed by atoms with van der Waals surface area (Å²) in [6, 6.07) is 36.9. The van der Waals surface area contributed by atoms with Crippen molar-refractivity contribution in [1.82, 2.24) is 0 Å². The summed E-state index contributed by atoms with van der Waals surface area (Å²) in [6.45, 7) is 8.37. The van der Waals surface area contributed by atoms with Crippen LogP contribution in [-0.2, 0) is 14.7 Å². The molecule has 174 valence electrons. The number of anilines is 2. The zero-order valence-electron chi connectivity index (χ0n) is 20.7. The quantitative estimate of drug-likeness (QED) is 0.316. The Kier molecular flexibility index (Phi) is 4.96. The van der Waals surface area contributed by atoms with Crippen LogP contribution in [0.1, 0.15) is 49.9 Å². The normalized spacial score (nSPS) is 18.9. The Morgan fingerprint density at radius 3 is 1.69 bits per heavy atom. The van der Waals surface area contributed by atoms with Gasteiger partial charge < -0.3 is 14.6 Å². The molecule has 0 saturated carbocycles. The molecule has 6 rings (SSSR count). The highest BCUT2D eigenvalue weighted by Crippen LogP contribution is 2.53. The van der Waals surface area contributed by atoms with E-state index in [0.717, 1.165) is 16.8 Å². The molecule has 4 aromatic carbocycles. The highest BCUT2D eigenvalue weighted by Gasteiger charge is 2.52. The van der Waals surface area contributed by atoms with Gasteiger partial charge in [-0.25, -0.2) is 0 Å². The van der Waals surface area contributed by atoms with Gasteiger partial charge in [-0.2, -0.15) is 0 Å². The van der Waals surface area contributed by atoms with Crippen LogP contribution in [0, 0.1) is 0 Å². The van der Waals surface area contributed by atoms with Gasteiger partial charge in [0.15, 0.2) is 0 Å². The first-order chi connectivity index (χ1) is 16.8. The van der Waals surface area contributed by atoms with E-state index in [1.54, 1.807) is 0 Å². The zero-order chi connectivity index (χ0) is 24.3. The van der Waals surface area contributed by atoms with Crippen LogP contribution in [0.4, 0.5) is 11.4 Å². The van der Waals surface area contributed by atoms with Gasteiger partial charge in [0.2, 0.25) is 0 Å². The Hall–Kier alpha value is -3.34. The summed E-state index contributed by atoms with van der Waals surface area (Å²) in [5, 5.41) is 3.73. The van der Waals surface area contributed by atoms with Gasteiger partial charge in [-0.05, 0) is 67.5 Å². The van der Waals surface area contributed by atoms with Crippen LogP contribution in [-0.4, -0.2) is 18.3 Å². The molecule has 4 aromatic rings. The molecule has 0 aliphatic carbocycles. The van der Waals surface area contributed by atoms with Crippen LogP contribution in [0.2, 0.25) is 0 Å². The number of hydrogen-bond acceptors (Lipinski definition) is 3. The van der Waals surface area contributed by atoms with Gasteiger partial charge in [-0.1, -0.05) is 91.0 Å². The fourth-order valence-corrected chi connectivity index (χ4v) is 5.49.